The first-order valence-corrected chi connectivity index (χ1v) is 5.51. The van der Waals surface area contributed by atoms with Crippen LogP contribution in [0.4, 0.5) is 0 Å². The molecule has 0 unspecified atom stereocenters. The molecule has 0 fully saturated rings. The van der Waals surface area contributed by atoms with Crippen LogP contribution in [0, 0.1) is 0 Å². The molecular formula is C9H7IN2O2. The lowest BCUT2D eigenvalue weighted by Gasteiger charge is -1.94. The summed E-state index contributed by atoms with van der Waals surface area (Å²) in [4.78, 5) is 10.9. The molecule has 1 aromatic heterocycles. The Hall–Kier alpha value is -1.11. The number of aromatic carboxylic acids is 1. The smallest absolute Gasteiger partial charge is 0.357 e. The number of halogens is 1. The highest BCUT2D eigenvalue weighted by Gasteiger charge is 2.14. The zero-order valence-corrected chi connectivity index (χ0v) is 9.30. The van der Waals surface area contributed by atoms with Gasteiger partial charge in [-0.05, 0) is 6.07 Å². The summed E-state index contributed by atoms with van der Waals surface area (Å²) in [6.45, 7) is 0. The summed E-state index contributed by atoms with van der Waals surface area (Å²) in [5.41, 5.74) is 0.983. The number of rotatable bonds is 2. The van der Waals surface area contributed by atoms with Crippen LogP contribution in [0.1, 0.15) is 10.5 Å². The number of nitrogens with zero attached hydrogens (tertiary/aromatic N) is 2. The maximum absolute atomic E-state index is 10.9. The van der Waals surface area contributed by atoms with E-state index >= 15 is 0 Å². The quantitative estimate of drug-likeness (QED) is 0.683. The fraction of sp³-hybridized carbons (Fsp3) is 0.111. The molecule has 0 amide bonds. The Bertz CT molecular complexity index is 493. The van der Waals surface area contributed by atoms with Crippen LogP contribution >= 0.6 is 22.6 Å². The summed E-state index contributed by atoms with van der Waals surface area (Å²) in [7, 11) is 0. The van der Waals surface area contributed by atoms with Gasteiger partial charge in [-0.25, -0.2) is 4.79 Å². The Morgan fingerprint density at radius 1 is 1.50 bits per heavy atom. The molecule has 14 heavy (non-hydrogen) atoms. The normalized spacial score (nSPS) is 10.6. The van der Waals surface area contributed by atoms with E-state index < -0.39 is 5.97 Å². The van der Waals surface area contributed by atoms with Crippen LogP contribution in [0.3, 0.4) is 0 Å². The molecule has 72 valence electrons. The van der Waals surface area contributed by atoms with Gasteiger partial charge in [-0.1, -0.05) is 40.8 Å². The first-order valence-electron chi connectivity index (χ1n) is 3.99. The number of hydrogen-bond acceptors (Lipinski definition) is 2. The zero-order chi connectivity index (χ0) is 10.1. The van der Waals surface area contributed by atoms with Crippen molar-refractivity contribution >= 4 is 39.5 Å². The third kappa shape index (κ3) is 1.37. The van der Waals surface area contributed by atoms with E-state index in [-0.39, 0.29) is 5.69 Å². The minimum Gasteiger partial charge on any atom is -0.476 e. The van der Waals surface area contributed by atoms with Gasteiger partial charge in [-0.3, -0.25) is 4.68 Å². The van der Waals surface area contributed by atoms with Crippen molar-refractivity contribution in [3.05, 3.63) is 30.0 Å². The van der Waals surface area contributed by atoms with E-state index in [0.717, 1.165) is 5.52 Å². The average molecular weight is 302 g/mol. The van der Waals surface area contributed by atoms with Gasteiger partial charge in [0.15, 0.2) is 5.69 Å². The van der Waals surface area contributed by atoms with Crippen molar-refractivity contribution < 1.29 is 9.90 Å². The van der Waals surface area contributed by atoms with Gasteiger partial charge < -0.3 is 5.11 Å². The van der Waals surface area contributed by atoms with Crippen molar-refractivity contribution in [3.63, 3.8) is 0 Å². The summed E-state index contributed by atoms with van der Waals surface area (Å²) < 4.78 is 2.32. The van der Waals surface area contributed by atoms with Gasteiger partial charge in [0, 0.05) is 5.39 Å². The molecule has 0 radical (unpaired) electrons. The standard InChI is InChI=1S/C9H7IN2O2/c10-5-12-7-4-2-1-3-6(7)8(11-12)9(13)14/h1-4H,5H2,(H,13,14). The highest BCUT2D eigenvalue weighted by Crippen LogP contribution is 2.18. The van der Waals surface area contributed by atoms with Crippen molar-refractivity contribution in [1.29, 1.82) is 0 Å². The first-order chi connectivity index (χ1) is 6.74. The minimum atomic E-state index is -0.982. The maximum atomic E-state index is 10.9. The highest BCUT2D eigenvalue weighted by molar-refractivity contribution is 14.1. The van der Waals surface area contributed by atoms with Gasteiger partial charge in [0.1, 0.15) is 0 Å². The predicted molar refractivity (Wildman–Crippen MR) is 60.7 cm³/mol. The molecule has 0 atom stereocenters. The lowest BCUT2D eigenvalue weighted by atomic mass is 10.2. The third-order valence-corrected chi connectivity index (χ3v) is 2.62. The lowest BCUT2D eigenvalue weighted by molar-refractivity contribution is 0.0691. The van der Waals surface area contributed by atoms with Gasteiger partial charge in [-0.2, -0.15) is 5.10 Å². The number of para-hydroxylation sites is 1. The van der Waals surface area contributed by atoms with Crippen LogP contribution in [0.5, 0.6) is 0 Å². The summed E-state index contributed by atoms with van der Waals surface area (Å²) in [6.07, 6.45) is 0. The van der Waals surface area contributed by atoms with Gasteiger partial charge in [-0.15, -0.1) is 0 Å². The SMILES string of the molecule is O=C(O)c1nn(CI)c2ccccc12. The summed E-state index contributed by atoms with van der Waals surface area (Å²) in [5.74, 6) is -0.982. The van der Waals surface area contributed by atoms with E-state index in [1.165, 1.54) is 0 Å². The molecule has 2 aromatic rings. The summed E-state index contributed by atoms with van der Waals surface area (Å²) >= 11 is 2.15. The molecule has 5 heteroatoms. The van der Waals surface area contributed by atoms with Crippen LogP contribution in [-0.2, 0) is 4.55 Å². The van der Waals surface area contributed by atoms with Gasteiger partial charge in [0.2, 0.25) is 0 Å². The average Bonchev–Trinajstić information content (AvgIpc) is 2.56. The van der Waals surface area contributed by atoms with Crippen molar-refractivity contribution in [2.24, 2.45) is 0 Å². The Labute approximate surface area is 93.7 Å². The number of hydrogen-bond donors (Lipinski definition) is 1. The molecule has 0 saturated heterocycles. The van der Waals surface area contributed by atoms with E-state index in [1.807, 2.05) is 18.2 Å². The molecule has 4 nitrogen and oxygen atoms in total. The molecule has 0 spiro atoms. The third-order valence-electron chi connectivity index (χ3n) is 1.97. The second kappa shape index (κ2) is 3.56. The number of benzene rings is 1. The molecular weight excluding hydrogens is 295 g/mol. The number of carboxylic acid groups (broad SMARTS) is 1. The van der Waals surface area contributed by atoms with E-state index in [4.69, 9.17) is 5.11 Å². The Kier molecular flexibility index (Phi) is 2.40. The maximum Gasteiger partial charge on any atom is 0.357 e. The van der Waals surface area contributed by atoms with Crippen molar-refractivity contribution in [1.82, 2.24) is 9.78 Å². The van der Waals surface area contributed by atoms with Crippen molar-refractivity contribution in [2.45, 2.75) is 4.55 Å². The van der Waals surface area contributed by atoms with E-state index in [2.05, 4.69) is 27.7 Å². The zero-order valence-electron chi connectivity index (χ0n) is 7.14. The van der Waals surface area contributed by atoms with E-state index in [9.17, 15) is 4.79 Å². The second-order valence-electron chi connectivity index (χ2n) is 2.79. The predicted octanol–water partition coefficient (Wildman–Crippen LogP) is 2.13. The van der Waals surface area contributed by atoms with Gasteiger partial charge in [0.25, 0.3) is 0 Å². The van der Waals surface area contributed by atoms with Gasteiger partial charge in [0.05, 0.1) is 10.1 Å². The van der Waals surface area contributed by atoms with Crippen LogP contribution < -0.4 is 0 Å². The molecule has 0 aliphatic carbocycles. The van der Waals surface area contributed by atoms with Crippen molar-refractivity contribution in [3.8, 4) is 0 Å². The fourth-order valence-electron chi connectivity index (χ4n) is 1.38. The number of carboxylic acids is 1. The molecule has 0 aliphatic rings. The molecule has 0 saturated carbocycles. The van der Waals surface area contributed by atoms with E-state index in [1.54, 1.807) is 10.7 Å². The topological polar surface area (TPSA) is 55.1 Å². The van der Waals surface area contributed by atoms with Crippen LogP contribution in [0.25, 0.3) is 10.9 Å². The summed E-state index contributed by atoms with van der Waals surface area (Å²) in [6, 6.07) is 7.33. The summed E-state index contributed by atoms with van der Waals surface area (Å²) in [5, 5.41) is 13.6. The number of fused-ring (bicyclic) bond motifs is 1. The Morgan fingerprint density at radius 2 is 2.21 bits per heavy atom. The Morgan fingerprint density at radius 3 is 2.86 bits per heavy atom. The van der Waals surface area contributed by atoms with Crippen molar-refractivity contribution in [2.75, 3.05) is 0 Å². The van der Waals surface area contributed by atoms with Gasteiger partial charge >= 0.3 is 5.97 Å². The second-order valence-corrected chi connectivity index (χ2v) is 3.47. The van der Waals surface area contributed by atoms with Crippen LogP contribution in [-0.4, -0.2) is 20.9 Å². The van der Waals surface area contributed by atoms with Crippen LogP contribution in [0.15, 0.2) is 24.3 Å². The molecule has 1 N–H and O–H groups in total. The number of carbonyl (C=O) groups is 1. The van der Waals surface area contributed by atoms with E-state index in [0.29, 0.717) is 9.94 Å². The molecule has 2 rings (SSSR count). The monoisotopic (exact) mass is 302 g/mol. The Balaban J connectivity index is 2.80. The highest BCUT2D eigenvalue weighted by atomic mass is 127. The number of alkyl halides is 1. The largest absolute Gasteiger partial charge is 0.476 e. The first kappa shape index (κ1) is 9.45. The molecule has 1 aromatic carbocycles. The molecule has 0 aliphatic heterocycles. The molecule has 0 bridgehead atoms. The van der Waals surface area contributed by atoms with Crippen LogP contribution in [0.2, 0.25) is 0 Å². The number of aromatic nitrogens is 2. The lowest BCUT2D eigenvalue weighted by Crippen LogP contribution is -2.00. The minimum absolute atomic E-state index is 0.122. The molecule has 1 heterocycles. The fourth-order valence-corrected chi connectivity index (χ4v) is 1.90.